The van der Waals surface area contributed by atoms with Crippen molar-refractivity contribution in [2.75, 3.05) is 74.2 Å². The summed E-state index contributed by atoms with van der Waals surface area (Å²) in [5.41, 5.74) is 9.93. The lowest BCUT2D eigenvalue weighted by molar-refractivity contribution is -0.145. The summed E-state index contributed by atoms with van der Waals surface area (Å²) in [5.74, 6) is 1.13. The highest BCUT2D eigenvalue weighted by Crippen LogP contribution is 2.60. The molecule has 2 atom stereocenters. The summed E-state index contributed by atoms with van der Waals surface area (Å²) in [6.45, 7) is 7.26. The maximum atomic E-state index is 13.8. The highest BCUT2D eigenvalue weighted by molar-refractivity contribution is 5.98. The molecule has 42 heavy (non-hydrogen) atoms. The average Bonchev–Trinajstić information content (AvgIpc) is 3.01. The van der Waals surface area contributed by atoms with E-state index in [2.05, 4.69) is 56.4 Å². The number of primary amides is 1. The predicted octanol–water partition coefficient (Wildman–Crippen LogP) is 3.80. The Morgan fingerprint density at radius 2 is 1.55 bits per heavy atom. The van der Waals surface area contributed by atoms with Crippen LogP contribution in [0.2, 0.25) is 0 Å². The van der Waals surface area contributed by atoms with Crippen LogP contribution in [-0.2, 0) is 9.53 Å². The quantitative estimate of drug-likeness (QED) is 0.524. The smallest absolute Gasteiger partial charge is 0.322 e. The molecule has 4 aliphatic carbocycles. The van der Waals surface area contributed by atoms with Crippen LogP contribution >= 0.6 is 0 Å². The monoisotopic (exact) mass is 572 g/mol. The first-order valence-corrected chi connectivity index (χ1v) is 15.7. The Kier molecular flexibility index (Phi) is 7.26. The van der Waals surface area contributed by atoms with Gasteiger partial charge in [0.1, 0.15) is 0 Å². The van der Waals surface area contributed by atoms with Gasteiger partial charge in [0.2, 0.25) is 5.91 Å². The molecule has 3 N–H and O–H groups in total. The number of hydrogen-bond donors (Lipinski definition) is 2. The second-order valence-corrected chi connectivity index (χ2v) is 13.2. The lowest BCUT2D eigenvalue weighted by Crippen LogP contribution is -2.63. The molecular weight excluding hydrogens is 528 g/mol. The predicted molar refractivity (Wildman–Crippen MR) is 165 cm³/mol. The standard InChI is InChI=1S/C33H44N6O3/c1-42-17-16-36-10-12-37(13-11-36)26-6-8-27(9-7-26)38-14-15-39(29-5-3-2-4-28(29)38)32(41)35-30-24-18-23-19-25(30)22-33(20-23,21-24)31(34)40/h2-9,23-25,30H,10-22H2,1H3,(H2,34,40)(H,35,41). The summed E-state index contributed by atoms with van der Waals surface area (Å²) in [6.07, 6.45) is 4.78. The molecule has 0 spiro atoms. The fourth-order valence-electron chi connectivity index (χ4n) is 8.92. The van der Waals surface area contributed by atoms with E-state index in [-0.39, 0.29) is 23.4 Å². The normalized spacial score (nSPS) is 30.4. The van der Waals surface area contributed by atoms with Gasteiger partial charge >= 0.3 is 6.03 Å². The first kappa shape index (κ1) is 27.5. The highest BCUT2D eigenvalue weighted by Gasteiger charge is 2.58. The van der Waals surface area contributed by atoms with Crippen molar-refractivity contribution < 1.29 is 14.3 Å². The van der Waals surface area contributed by atoms with Crippen LogP contribution in [-0.4, -0.2) is 82.4 Å². The van der Waals surface area contributed by atoms with Gasteiger partial charge in [0.05, 0.1) is 18.0 Å². The molecule has 224 valence electrons. The van der Waals surface area contributed by atoms with E-state index >= 15 is 0 Å². The van der Waals surface area contributed by atoms with Crippen LogP contribution in [0.4, 0.5) is 27.5 Å². The molecule has 8 rings (SSSR count). The van der Waals surface area contributed by atoms with Crippen LogP contribution < -0.4 is 25.8 Å². The number of hydrogen-bond acceptors (Lipinski definition) is 6. The largest absolute Gasteiger partial charge is 0.383 e. The molecule has 4 saturated carbocycles. The van der Waals surface area contributed by atoms with Gasteiger partial charge in [-0.2, -0.15) is 0 Å². The minimum Gasteiger partial charge on any atom is -0.383 e. The molecule has 9 heteroatoms. The number of carbonyl (C=O) groups is 2. The first-order chi connectivity index (χ1) is 20.4. The van der Waals surface area contributed by atoms with Crippen molar-refractivity contribution in [3.05, 3.63) is 48.5 Å². The summed E-state index contributed by atoms with van der Waals surface area (Å²) < 4.78 is 5.24. The molecule has 4 bridgehead atoms. The molecule has 0 radical (unpaired) electrons. The molecule has 2 aromatic carbocycles. The van der Waals surface area contributed by atoms with Crippen LogP contribution in [0.15, 0.2) is 48.5 Å². The van der Waals surface area contributed by atoms with E-state index in [1.165, 1.54) is 5.69 Å². The zero-order valence-corrected chi connectivity index (χ0v) is 24.7. The lowest BCUT2D eigenvalue weighted by atomic mass is 9.47. The van der Waals surface area contributed by atoms with E-state index in [0.29, 0.717) is 24.3 Å². The number of urea groups is 1. The number of ether oxygens (including phenoxy) is 1. The SMILES string of the molecule is COCCN1CCN(c2ccc(N3CCN(C(=O)NC4C5CC6CC4CC(C(N)=O)(C6)C5)c4ccccc43)cc2)CC1. The van der Waals surface area contributed by atoms with E-state index in [1.807, 2.05) is 17.0 Å². The van der Waals surface area contributed by atoms with Crippen molar-refractivity contribution in [1.29, 1.82) is 0 Å². The summed E-state index contributed by atoms with van der Waals surface area (Å²) >= 11 is 0. The first-order valence-electron chi connectivity index (χ1n) is 15.7. The van der Waals surface area contributed by atoms with Gasteiger partial charge in [-0.1, -0.05) is 12.1 Å². The van der Waals surface area contributed by atoms with Gasteiger partial charge in [-0.05, 0) is 86.3 Å². The molecule has 2 aromatic rings. The van der Waals surface area contributed by atoms with E-state index in [0.717, 1.165) is 95.0 Å². The van der Waals surface area contributed by atoms with Gasteiger partial charge in [-0.15, -0.1) is 0 Å². The molecule has 9 nitrogen and oxygen atoms in total. The number of nitrogens with zero attached hydrogens (tertiary/aromatic N) is 4. The Hall–Kier alpha value is -3.30. The minimum absolute atomic E-state index is 0.0207. The van der Waals surface area contributed by atoms with Gasteiger partial charge in [-0.25, -0.2) is 4.79 Å². The third-order valence-corrected chi connectivity index (χ3v) is 10.9. The van der Waals surface area contributed by atoms with Crippen LogP contribution in [0, 0.1) is 23.2 Å². The van der Waals surface area contributed by atoms with Crippen molar-refractivity contribution in [3.63, 3.8) is 0 Å². The van der Waals surface area contributed by atoms with E-state index in [4.69, 9.17) is 10.5 Å². The zero-order valence-electron chi connectivity index (χ0n) is 24.7. The number of nitrogens with two attached hydrogens (primary N) is 1. The van der Waals surface area contributed by atoms with Crippen molar-refractivity contribution in [1.82, 2.24) is 10.2 Å². The fourth-order valence-corrected chi connectivity index (χ4v) is 8.92. The molecular formula is C33H44N6O3. The maximum Gasteiger partial charge on any atom is 0.322 e. The molecule has 2 aliphatic heterocycles. The molecule has 2 unspecified atom stereocenters. The molecule has 1 saturated heterocycles. The molecule has 6 aliphatic rings. The number of para-hydroxylation sites is 2. The van der Waals surface area contributed by atoms with Gasteiger partial charge < -0.3 is 25.6 Å². The van der Waals surface area contributed by atoms with Crippen molar-refractivity contribution >= 4 is 34.7 Å². The number of methoxy groups -OCH3 is 1. The van der Waals surface area contributed by atoms with Crippen LogP contribution in [0.5, 0.6) is 0 Å². The van der Waals surface area contributed by atoms with Gasteiger partial charge in [-0.3, -0.25) is 14.6 Å². The van der Waals surface area contributed by atoms with Gasteiger partial charge in [0.25, 0.3) is 0 Å². The molecule has 0 aromatic heterocycles. The minimum atomic E-state index is -0.343. The Morgan fingerprint density at radius 1 is 0.881 bits per heavy atom. The van der Waals surface area contributed by atoms with E-state index in [9.17, 15) is 9.59 Å². The van der Waals surface area contributed by atoms with E-state index in [1.54, 1.807) is 7.11 Å². The summed E-state index contributed by atoms with van der Waals surface area (Å²) in [5, 5.41) is 3.44. The third kappa shape index (κ3) is 4.90. The molecule has 5 fully saturated rings. The Morgan fingerprint density at radius 3 is 2.21 bits per heavy atom. The number of benzene rings is 2. The van der Waals surface area contributed by atoms with Crippen LogP contribution in [0.25, 0.3) is 0 Å². The van der Waals surface area contributed by atoms with E-state index < -0.39 is 0 Å². The molecule has 3 amide bonds. The fraction of sp³-hybridized carbons (Fsp3) is 0.576. The topological polar surface area (TPSA) is 94.4 Å². The second kappa shape index (κ2) is 11.1. The van der Waals surface area contributed by atoms with Gasteiger partial charge in [0.15, 0.2) is 0 Å². The Bertz CT molecular complexity index is 1290. The Labute approximate surface area is 248 Å². The third-order valence-electron chi connectivity index (χ3n) is 10.9. The number of fused-ring (bicyclic) bond motifs is 1. The summed E-state index contributed by atoms with van der Waals surface area (Å²) in [4.78, 5) is 35.3. The number of nitrogens with one attached hydrogen (secondary N) is 1. The number of piperazine rings is 1. The Balaban J connectivity index is 1.03. The van der Waals surface area contributed by atoms with Crippen molar-refractivity contribution in [2.24, 2.45) is 28.9 Å². The summed E-state index contributed by atoms with van der Waals surface area (Å²) in [7, 11) is 1.76. The zero-order chi connectivity index (χ0) is 28.8. The summed E-state index contributed by atoms with van der Waals surface area (Å²) in [6, 6.07) is 17.2. The number of amides is 3. The van der Waals surface area contributed by atoms with Crippen LogP contribution in [0.1, 0.15) is 32.1 Å². The highest BCUT2D eigenvalue weighted by atomic mass is 16.5. The number of carbonyl (C=O) groups excluding carboxylic acids is 2. The average molecular weight is 573 g/mol. The van der Waals surface area contributed by atoms with Crippen molar-refractivity contribution in [2.45, 2.75) is 38.1 Å². The molecule has 2 heterocycles. The van der Waals surface area contributed by atoms with Crippen molar-refractivity contribution in [3.8, 4) is 0 Å². The lowest BCUT2D eigenvalue weighted by Gasteiger charge is -2.59. The maximum absolute atomic E-state index is 13.8. The van der Waals surface area contributed by atoms with Gasteiger partial charge in [0, 0.05) is 75.8 Å². The number of anilines is 4. The van der Waals surface area contributed by atoms with Crippen LogP contribution in [0.3, 0.4) is 0 Å². The number of rotatable bonds is 7. The second-order valence-electron chi connectivity index (χ2n) is 13.2.